The topological polar surface area (TPSA) is 61.8 Å². The largest absolute Gasteiger partial charge is 0.417 e. The highest BCUT2D eigenvalue weighted by Gasteiger charge is 2.36. The number of anilines is 1. The van der Waals surface area contributed by atoms with Crippen molar-refractivity contribution in [3.63, 3.8) is 0 Å². The van der Waals surface area contributed by atoms with E-state index in [2.05, 4.69) is 10.3 Å². The molecule has 1 fully saturated rings. The Morgan fingerprint density at radius 3 is 2.58 bits per heavy atom. The molecule has 1 saturated heterocycles. The lowest BCUT2D eigenvalue weighted by Crippen LogP contribution is -2.45. The van der Waals surface area contributed by atoms with Gasteiger partial charge in [-0.05, 0) is 48.9 Å². The van der Waals surface area contributed by atoms with Crippen LogP contribution in [0.3, 0.4) is 0 Å². The molecule has 3 rings (SSSR count). The number of nitrogens with zero attached hydrogens (tertiary/aromatic N) is 2. The zero-order valence-electron chi connectivity index (χ0n) is 17.5. The SMILES string of the molecule is CCCCN1C(=O)CC(C(=O)Nc2ccc(F)cc2)SC1=Nc1ccc(Cl)c(C(F)(F)F)c1. The highest BCUT2D eigenvalue weighted by molar-refractivity contribution is 8.15. The van der Waals surface area contributed by atoms with Gasteiger partial charge < -0.3 is 5.32 Å². The van der Waals surface area contributed by atoms with Crippen molar-refractivity contribution in [3.8, 4) is 0 Å². The molecule has 176 valence electrons. The summed E-state index contributed by atoms with van der Waals surface area (Å²) in [7, 11) is 0. The first-order chi connectivity index (χ1) is 15.6. The summed E-state index contributed by atoms with van der Waals surface area (Å²) in [6, 6.07) is 8.36. The molecule has 2 amide bonds. The minimum Gasteiger partial charge on any atom is -0.325 e. The average molecular weight is 502 g/mol. The predicted octanol–water partition coefficient (Wildman–Crippen LogP) is 6.26. The van der Waals surface area contributed by atoms with Crippen LogP contribution in [0.15, 0.2) is 47.5 Å². The lowest BCUT2D eigenvalue weighted by molar-refractivity contribution is -0.137. The Balaban J connectivity index is 1.89. The molecule has 1 aliphatic heterocycles. The normalized spacial score (nSPS) is 18.0. The van der Waals surface area contributed by atoms with Gasteiger partial charge in [-0.25, -0.2) is 9.38 Å². The number of benzene rings is 2. The van der Waals surface area contributed by atoms with Crippen LogP contribution in [0, 0.1) is 5.82 Å². The fourth-order valence-corrected chi connectivity index (χ4v) is 4.39. The van der Waals surface area contributed by atoms with Crippen LogP contribution < -0.4 is 5.32 Å². The molecule has 0 bridgehead atoms. The molecular formula is C22H20ClF4N3O2S. The molecule has 2 aromatic rings. The van der Waals surface area contributed by atoms with Gasteiger partial charge in [-0.15, -0.1) is 0 Å². The van der Waals surface area contributed by atoms with Crippen LogP contribution in [0.1, 0.15) is 31.7 Å². The molecule has 0 spiro atoms. The van der Waals surface area contributed by atoms with Crippen LogP contribution in [0.4, 0.5) is 28.9 Å². The van der Waals surface area contributed by atoms with E-state index in [0.717, 1.165) is 30.3 Å². The summed E-state index contributed by atoms with van der Waals surface area (Å²) in [5, 5.41) is 1.44. The van der Waals surface area contributed by atoms with Crippen LogP contribution in [0.25, 0.3) is 0 Å². The van der Waals surface area contributed by atoms with Crippen molar-refractivity contribution in [3.05, 3.63) is 58.9 Å². The second-order valence-electron chi connectivity index (χ2n) is 7.26. The molecule has 1 heterocycles. The zero-order valence-corrected chi connectivity index (χ0v) is 19.0. The molecule has 5 nitrogen and oxygen atoms in total. The monoisotopic (exact) mass is 501 g/mol. The standard InChI is InChI=1S/C22H20ClF4N3O2S/c1-2-3-10-30-19(31)12-18(20(32)28-14-6-4-13(24)5-7-14)33-21(30)29-15-8-9-17(23)16(11-15)22(25,26)27/h4-9,11,18H,2-3,10,12H2,1H3,(H,28,32). The van der Waals surface area contributed by atoms with Gasteiger partial charge in [-0.2, -0.15) is 13.2 Å². The quantitative estimate of drug-likeness (QED) is 0.475. The Hall–Kier alpha value is -2.59. The Labute approximate surface area is 197 Å². The Morgan fingerprint density at radius 2 is 1.94 bits per heavy atom. The van der Waals surface area contributed by atoms with E-state index in [1.165, 1.54) is 35.2 Å². The number of hydrogen-bond donors (Lipinski definition) is 1. The maximum Gasteiger partial charge on any atom is 0.417 e. The Morgan fingerprint density at radius 1 is 1.24 bits per heavy atom. The first-order valence-electron chi connectivity index (χ1n) is 10.1. The van der Waals surface area contributed by atoms with Gasteiger partial charge in [0, 0.05) is 18.7 Å². The van der Waals surface area contributed by atoms with Gasteiger partial charge in [0.25, 0.3) is 0 Å². The van der Waals surface area contributed by atoms with Crippen molar-refractivity contribution in [1.82, 2.24) is 4.90 Å². The maximum atomic E-state index is 13.2. The number of carbonyl (C=O) groups excluding carboxylic acids is 2. The number of thioether (sulfide) groups is 1. The molecule has 33 heavy (non-hydrogen) atoms. The molecule has 2 aromatic carbocycles. The minimum absolute atomic E-state index is 0.0388. The summed E-state index contributed by atoms with van der Waals surface area (Å²) in [5.41, 5.74) is -0.721. The number of unbranched alkanes of at least 4 members (excludes halogenated alkanes) is 1. The lowest BCUT2D eigenvalue weighted by Gasteiger charge is -2.31. The molecule has 0 radical (unpaired) electrons. The second kappa shape index (κ2) is 10.6. The number of carbonyl (C=O) groups is 2. The van der Waals surface area contributed by atoms with Crippen molar-refractivity contribution in [2.24, 2.45) is 4.99 Å². The third kappa shape index (κ3) is 6.48. The molecule has 1 aliphatic rings. The zero-order chi connectivity index (χ0) is 24.2. The summed E-state index contributed by atoms with van der Waals surface area (Å²) in [4.78, 5) is 31.2. The van der Waals surface area contributed by atoms with Crippen molar-refractivity contribution >= 4 is 51.7 Å². The third-order valence-electron chi connectivity index (χ3n) is 4.76. The number of hydrogen-bond acceptors (Lipinski definition) is 4. The van der Waals surface area contributed by atoms with E-state index in [9.17, 15) is 27.2 Å². The number of amidine groups is 1. The Bertz CT molecular complexity index is 1060. The van der Waals surface area contributed by atoms with E-state index in [1.54, 1.807) is 0 Å². The highest BCUT2D eigenvalue weighted by atomic mass is 35.5. The van der Waals surface area contributed by atoms with Crippen molar-refractivity contribution in [1.29, 1.82) is 0 Å². The van der Waals surface area contributed by atoms with Crippen molar-refractivity contribution in [2.75, 3.05) is 11.9 Å². The van der Waals surface area contributed by atoms with Crippen LogP contribution in [-0.4, -0.2) is 33.7 Å². The van der Waals surface area contributed by atoms with Crippen LogP contribution >= 0.6 is 23.4 Å². The van der Waals surface area contributed by atoms with E-state index in [4.69, 9.17) is 11.6 Å². The third-order valence-corrected chi connectivity index (χ3v) is 6.28. The number of rotatable bonds is 6. The van der Waals surface area contributed by atoms with Gasteiger partial charge >= 0.3 is 6.18 Å². The summed E-state index contributed by atoms with van der Waals surface area (Å²) in [6.45, 7) is 2.26. The van der Waals surface area contributed by atoms with Gasteiger partial charge in [0.1, 0.15) is 11.1 Å². The number of halogens is 5. The second-order valence-corrected chi connectivity index (χ2v) is 8.84. The number of aliphatic imine (C=N–C) groups is 1. The molecule has 1 unspecified atom stereocenters. The summed E-state index contributed by atoms with van der Waals surface area (Å²) in [5.74, 6) is -1.31. The van der Waals surface area contributed by atoms with E-state index < -0.39 is 33.7 Å². The molecule has 1 atom stereocenters. The summed E-state index contributed by atoms with van der Waals surface area (Å²) >= 11 is 6.67. The molecule has 1 N–H and O–H groups in total. The van der Waals surface area contributed by atoms with E-state index in [0.29, 0.717) is 18.7 Å². The molecule has 11 heteroatoms. The molecule has 0 aromatic heterocycles. The van der Waals surface area contributed by atoms with Crippen molar-refractivity contribution < 1.29 is 27.2 Å². The summed E-state index contributed by atoms with van der Waals surface area (Å²) < 4.78 is 52.8. The van der Waals surface area contributed by atoms with Gasteiger partial charge in [-0.3, -0.25) is 14.5 Å². The van der Waals surface area contributed by atoms with E-state index in [1.807, 2.05) is 6.92 Å². The number of amides is 2. The predicted molar refractivity (Wildman–Crippen MR) is 121 cm³/mol. The fourth-order valence-electron chi connectivity index (χ4n) is 3.04. The minimum atomic E-state index is -4.66. The maximum absolute atomic E-state index is 13.2. The fraction of sp³-hybridized carbons (Fsp3) is 0.318. The molecule has 0 saturated carbocycles. The van der Waals surface area contributed by atoms with E-state index >= 15 is 0 Å². The van der Waals surface area contributed by atoms with Gasteiger partial charge in [0.2, 0.25) is 11.8 Å². The van der Waals surface area contributed by atoms with Crippen LogP contribution in [-0.2, 0) is 15.8 Å². The van der Waals surface area contributed by atoms with Gasteiger partial charge in [0.05, 0.1) is 16.3 Å². The van der Waals surface area contributed by atoms with E-state index in [-0.39, 0.29) is 23.2 Å². The molecular weight excluding hydrogens is 482 g/mol. The number of alkyl halides is 3. The number of nitrogens with one attached hydrogen (secondary N) is 1. The Kier molecular flexibility index (Phi) is 8.01. The first kappa shape index (κ1) is 25.0. The summed E-state index contributed by atoms with van der Waals surface area (Å²) in [6.07, 6.45) is -3.32. The first-order valence-corrected chi connectivity index (χ1v) is 11.3. The highest BCUT2D eigenvalue weighted by Crippen LogP contribution is 2.38. The lowest BCUT2D eigenvalue weighted by atomic mass is 10.2. The van der Waals surface area contributed by atoms with Crippen LogP contribution in [0.2, 0.25) is 5.02 Å². The average Bonchev–Trinajstić information content (AvgIpc) is 2.75. The smallest absolute Gasteiger partial charge is 0.325 e. The van der Waals surface area contributed by atoms with Crippen molar-refractivity contribution in [2.45, 2.75) is 37.6 Å². The molecule has 0 aliphatic carbocycles. The van der Waals surface area contributed by atoms with Crippen LogP contribution in [0.5, 0.6) is 0 Å². The van der Waals surface area contributed by atoms with Gasteiger partial charge in [0.15, 0.2) is 5.17 Å². The van der Waals surface area contributed by atoms with Gasteiger partial charge in [-0.1, -0.05) is 36.7 Å².